The van der Waals surface area contributed by atoms with E-state index in [2.05, 4.69) is 29.8 Å². The van der Waals surface area contributed by atoms with Crippen LogP contribution in [0.15, 0.2) is 30.3 Å². The fourth-order valence-electron chi connectivity index (χ4n) is 2.22. The van der Waals surface area contributed by atoms with Gasteiger partial charge in [0.1, 0.15) is 6.61 Å². The van der Waals surface area contributed by atoms with Crippen molar-refractivity contribution in [2.45, 2.75) is 20.4 Å². The maximum Gasteiger partial charge on any atom is 0.218 e. The highest BCUT2D eigenvalue weighted by atomic mass is 16.5. The van der Waals surface area contributed by atoms with E-state index < -0.39 is 0 Å². The van der Waals surface area contributed by atoms with E-state index in [1.54, 1.807) is 0 Å². The summed E-state index contributed by atoms with van der Waals surface area (Å²) in [5.41, 5.74) is 7.70. The molecule has 0 radical (unpaired) electrons. The van der Waals surface area contributed by atoms with Gasteiger partial charge in [-0.2, -0.15) is 0 Å². The summed E-state index contributed by atoms with van der Waals surface area (Å²) < 4.78 is 5.84. The molecule has 4 heteroatoms. The van der Waals surface area contributed by atoms with Crippen molar-refractivity contribution < 1.29 is 4.74 Å². The monoisotopic (exact) mass is 273 g/mol. The predicted molar refractivity (Wildman–Crippen MR) is 82.9 cm³/mol. The standard InChI is InChI=1S/C16H23N3O/c1-3-19(4-2)9-10-20-16-14(12-17)11-13-7-5-6-8-15(13)18-16/h5-8,11H,3-4,9-10,12,17H2,1-2H3. The van der Waals surface area contributed by atoms with E-state index in [1.165, 1.54) is 0 Å². The van der Waals surface area contributed by atoms with Crippen LogP contribution in [-0.2, 0) is 6.54 Å². The molecule has 2 N–H and O–H groups in total. The van der Waals surface area contributed by atoms with Crippen molar-refractivity contribution in [2.75, 3.05) is 26.2 Å². The minimum Gasteiger partial charge on any atom is -0.476 e. The topological polar surface area (TPSA) is 51.4 Å². The molecule has 108 valence electrons. The lowest BCUT2D eigenvalue weighted by molar-refractivity contribution is 0.217. The molecule has 0 atom stereocenters. The molecule has 1 heterocycles. The number of likely N-dealkylation sites (N-methyl/N-ethyl adjacent to an activating group) is 1. The van der Waals surface area contributed by atoms with Gasteiger partial charge in [0.15, 0.2) is 0 Å². The molecule has 0 amide bonds. The molecule has 0 unspecified atom stereocenters. The van der Waals surface area contributed by atoms with Crippen molar-refractivity contribution in [3.05, 3.63) is 35.9 Å². The summed E-state index contributed by atoms with van der Waals surface area (Å²) in [6.07, 6.45) is 0. The van der Waals surface area contributed by atoms with E-state index in [1.807, 2.05) is 24.3 Å². The zero-order valence-electron chi connectivity index (χ0n) is 12.3. The highest BCUT2D eigenvalue weighted by Crippen LogP contribution is 2.21. The van der Waals surface area contributed by atoms with Crippen LogP contribution in [0, 0.1) is 0 Å². The van der Waals surface area contributed by atoms with Gasteiger partial charge in [-0.05, 0) is 25.2 Å². The van der Waals surface area contributed by atoms with Crippen LogP contribution in [0.4, 0.5) is 0 Å². The third-order valence-corrected chi connectivity index (χ3v) is 3.52. The summed E-state index contributed by atoms with van der Waals surface area (Å²) in [5, 5.41) is 1.10. The molecule has 0 aliphatic rings. The molecule has 0 aliphatic heterocycles. The van der Waals surface area contributed by atoms with Gasteiger partial charge in [-0.3, -0.25) is 0 Å². The molecule has 2 rings (SSSR count). The first-order valence-corrected chi connectivity index (χ1v) is 7.22. The molecular weight excluding hydrogens is 250 g/mol. The number of ether oxygens (including phenoxy) is 1. The molecule has 1 aromatic carbocycles. The fourth-order valence-corrected chi connectivity index (χ4v) is 2.22. The second kappa shape index (κ2) is 7.22. The van der Waals surface area contributed by atoms with Gasteiger partial charge in [0.2, 0.25) is 5.88 Å². The van der Waals surface area contributed by atoms with Crippen LogP contribution >= 0.6 is 0 Å². The van der Waals surface area contributed by atoms with Crippen LogP contribution in [0.3, 0.4) is 0 Å². The van der Waals surface area contributed by atoms with Gasteiger partial charge < -0.3 is 15.4 Å². The Balaban J connectivity index is 2.12. The third kappa shape index (κ3) is 3.46. The quantitative estimate of drug-likeness (QED) is 0.841. The van der Waals surface area contributed by atoms with Crippen molar-refractivity contribution in [1.29, 1.82) is 0 Å². The largest absolute Gasteiger partial charge is 0.476 e. The molecule has 20 heavy (non-hydrogen) atoms. The predicted octanol–water partition coefficient (Wildman–Crippen LogP) is 2.41. The van der Waals surface area contributed by atoms with Crippen molar-refractivity contribution in [3.63, 3.8) is 0 Å². The molecule has 0 saturated heterocycles. The summed E-state index contributed by atoms with van der Waals surface area (Å²) in [6, 6.07) is 10.1. The highest BCUT2D eigenvalue weighted by Gasteiger charge is 2.07. The minimum atomic E-state index is 0.443. The van der Waals surface area contributed by atoms with Crippen LogP contribution in [0.1, 0.15) is 19.4 Å². The number of rotatable bonds is 7. The number of pyridine rings is 1. The lowest BCUT2D eigenvalue weighted by Crippen LogP contribution is -2.28. The average Bonchev–Trinajstić information content (AvgIpc) is 2.50. The van der Waals surface area contributed by atoms with Crippen molar-refractivity contribution in [2.24, 2.45) is 5.73 Å². The maximum atomic E-state index is 5.84. The molecule has 0 fully saturated rings. The lowest BCUT2D eigenvalue weighted by Gasteiger charge is -2.18. The molecule has 0 bridgehead atoms. The van der Waals surface area contributed by atoms with Gasteiger partial charge in [-0.1, -0.05) is 32.0 Å². The normalized spacial score (nSPS) is 11.2. The maximum absolute atomic E-state index is 5.84. The van der Waals surface area contributed by atoms with E-state index in [0.29, 0.717) is 19.0 Å². The first-order chi connectivity index (χ1) is 9.78. The number of nitrogens with two attached hydrogens (primary N) is 1. The van der Waals surface area contributed by atoms with Crippen molar-refractivity contribution >= 4 is 10.9 Å². The van der Waals surface area contributed by atoms with Gasteiger partial charge in [0.05, 0.1) is 5.52 Å². The Morgan fingerprint density at radius 3 is 2.65 bits per heavy atom. The van der Waals surface area contributed by atoms with Crippen LogP contribution in [-0.4, -0.2) is 36.1 Å². The molecule has 0 aliphatic carbocycles. The van der Waals surface area contributed by atoms with E-state index in [-0.39, 0.29) is 0 Å². The summed E-state index contributed by atoms with van der Waals surface area (Å²) in [6.45, 7) is 8.37. The second-order valence-corrected chi connectivity index (χ2v) is 4.72. The van der Waals surface area contributed by atoms with E-state index >= 15 is 0 Å². The van der Waals surface area contributed by atoms with Crippen LogP contribution in [0.25, 0.3) is 10.9 Å². The Morgan fingerprint density at radius 1 is 1.20 bits per heavy atom. The minimum absolute atomic E-state index is 0.443. The first kappa shape index (κ1) is 14.8. The number of fused-ring (bicyclic) bond motifs is 1. The number of aromatic nitrogens is 1. The van der Waals surface area contributed by atoms with Crippen LogP contribution in [0.5, 0.6) is 5.88 Å². The number of para-hydroxylation sites is 1. The Bertz CT molecular complexity index is 552. The van der Waals surface area contributed by atoms with E-state index in [0.717, 1.165) is 36.1 Å². The van der Waals surface area contributed by atoms with Crippen LogP contribution < -0.4 is 10.5 Å². The number of hydrogen-bond acceptors (Lipinski definition) is 4. The second-order valence-electron chi connectivity index (χ2n) is 4.72. The third-order valence-electron chi connectivity index (χ3n) is 3.52. The molecule has 0 spiro atoms. The van der Waals surface area contributed by atoms with Crippen molar-refractivity contribution in [1.82, 2.24) is 9.88 Å². The van der Waals surface area contributed by atoms with Gasteiger partial charge in [-0.15, -0.1) is 0 Å². The zero-order chi connectivity index (χ0) is 14.4. The smallest absolute Gasteiger partial charge is 0.218 e. The van der Waals surface area contributed by atoms with Crippen LogP contribution in [0.2, 0.25) is 0 Å². The van der Waals surface area contributed by atoms with E-state index in [4.69, 9.17) is 10.5 Å². The summed E-state index contributed by atoms with van der Waals surface area (Å²) in [7, 11) is 0. The highest BCUT2D eigenvalue weighted by molar-refractivity contribution is 5.80. The zero-order valence-corrected chi connectivity index (χ0v) is 12.3. The van der Waals surface area contributed by atoms with Gasteiger partial charge in [0, 0.05) is 24.0 Å². The molecule has 1 aromatic heterocycles. The Kier molecular flexibility index (Phi) is 5.32. The molecule has 2 aromatic rings. The number of benzene rings is 1. The first-order valence-electron chi connectivity index (χ1n) is 7.22. The molecular formula is C16H23N3O. The lowest BCUT2D eigenvalue weighted by atomic mass is 10.1. The average molecular weight is 273 g/mol. The summed E-state index contributed by atoms with van der Waals surface area (Å²) in [5.74, 6) is 0.665. The molecule has 4 nitrogen and oxygen atoms in total. The molecule has 0 saturated carbocycles. The van der Waals surface area contributed by atoms with Gasteiger partial charge in [-0.25, -0.2) is 4.98 Å². The Labute approximate surface area is 120 Å². The summed E-state index contributed by atoms with van der Waals surface area (Å²) >= 11 is 0. The Hall–Kier alpha value is -1.65. The fraction of sp³-hybridized carbons (Fsp3) is 0.438. The number of nitrogens with zero attached hydrogens (tertiary/aromatic N) is 2. The van der Waals surface area contributed by atoms with Gasteiger partial charge >= 0.3 is 0 Å². The number of hydrogen-bond donors (Lipinski definition) is 1. The van der Waals surface area contributed by atoms with Gasteiger partial charge in [0.25, 0.3) is 0 Å². The SMILES string of the molecule is CCN(CC)CCOc1nc2ccccc2cc1CN. The van der Waals surface area contributed by atoms with Crippen molar-refractivity contribution in [3.8, 4) is 5.88 Å². The summed E-state index contributed by atoms with van der Waals surface area (Å²) in [4.78, 5) is 6.90. The Morgan fingerprint density at radius 2 is 1.95 bits per heavy atom. The van der Waals surface area contributed by atoms with E-state index in [9.17, 15) is 0 Å².